The number of amides is 3. The van der Waals surface area contributed by atoms with Gasteiger partial charge in [0.15, 0.2) is 10.4 Å². The third-order valence-corrected chi connectivity index (χ3v) is 5.04. The zero-order valence-corrected chi connectivity index (χ0v) is 17.9. The molecule has 4 aromatic rings. The van der Waals surface area contributed by atoms with E-state index in [9.17, 15) is 14.4 Å². The number of carbonyl (C=O) groups excluding carboxylic acids is 3. The van der Waals surface area contributed by atoms with Crippen LogP contribution < -0.4 is 16.2 Å². The van der Waals surface area contributed by atoms with Gasteiger partial charge in [0.1, 0.15) is 0 Å². The third-order valence-electron chi connectivity index (χ3n) is 4.61. The summed E-state index contributed by atoms with van der Waals surface area (Å²) in [5.41, 5.74) is 6.86. The van der Waals surface area contributed by atoms with Crippen LogP contribution in [0.1, 0.15) is 31.3 Å². The first kappa shape index (κ1) is 20.4. The minimum absolute atomic E-state index is 0.129. The number of halogens is 1. The molecule has 0 saturated heterocycles. The van der Waals surface area contributed by atoms with Crippen LogP contribution in [0.25, 0.3) is 10.9 Å². The Morgan fingerprint density at radius 2 is 1.68 bits per heavy atom. The maximum atomic E-state index is 12.6. The van der Waals surface area contributed by atoms with E-state index in [1.54, 1.807) is 30.5 Å². The van der Waals surface area contributed by atoms with Crippen LogP contribution >= 0.6 is 15.9 Å². The predicted molar refractivity (Wildman–Crippen MR) is 119 cm³/mol. The Bertz CT molecular complexity index is 1310. The molecule has 4 rings (SSSR count). The van der Waals surface area contributed by atoms with Gasteiger partial charge in [0.25, 0.3) is 17.7 Å². The number of aromatic nitrogens is 1. The highest BCUT2D eigenvalue weighted by molar-refractivity contribution is 9.10. The van der Waals surface area contributed by atoms with Gasteiger partial charge >= 0.3 is 0 Å². The monoisotopic (exact) mass is 480 g/mol. The highest BCUT2D eigenvalue weighted by Crippen LogP contribution is 2.20. The van der Waals surface area contributed by atoms with E-state index >= 15 is 0 Å². The van der Waals surface area contributed by atoms with Crippen LogP contribution in [0, 0.1) is 0 Å². The van der Waals surface area contributed by atoms with Crippen molar-refractivity contribution in [3.8, 4) is 0 Å². The Kier molecular flexibility index (Phi) is 5.59. The van der Waals surface area contributed by atoms with E-state index in [1.165, 1.54) is 12.1 Å². The lowest BCUT2D eigenvalue weighted by atomic mass is 10.1. The number of hydrogen-bond acceptors (Lipinski definition) is 4. The number of furan rings is 1. The smallest absolute Gasteiger partial charge is 0.291 e. The Morgan fingerprint density at radius 3 is 2.45 bits per heavy atom. The minimum atomic E-state index is -0.523. The van der Waals surface area contributed by atoms with Crippen molar-refractivity contribution in [2.24, 2.45) is 7.05 Å². The molecule has 3 N–H and O–H groups in total. The predicted octanol–water partition coefficient (Wildman–Crippen LogP) is 3.86. The van der Waals surface area contributed by atoms with Crippen LogP contribution in [-0.2, 0) is 7.05 Å². The van der Waals surface area contributed by atoms with E-state index < -0.39 is 17.7 Å². The summed E-state index contributed by atoms with van der Waals surface area (Å²) in [5.74, 6) is -1.28. The number of nitrogens with one attached hydrogen (secondary N) is 3. The molecular weight excluding hydrogens is 464 g/mol. The van der Waals surface area contributed by atoms with Gasteiger partial charge in [0.05, 0.1) is 5.56 Å². The number of fused-ring (bicyclic) bond motifs is 1. The summed E-state index contributed by atoms with van der Waals surface area (Å²) in [6, 6.07) is 16.9. The first-order valence-electron chi connectivity index (χ1n) is 9.24. The van der Waals surface area contributed by atoms with Crippen molar-refractivity contribution < 1.29 is 18.8 Å². The number of hydrazine groups is 1. The van der Waals surface area contributed by atoms with Crippen molar-refractivity contribution >= 4 is 50.2 Å². The van der Waals surface area contributed by atoms with Gasteiger partial charge in [-0.15, -0.1) is 0 Å². The van der Waals surface area contributed by atoms with Crippen LogP contribution in [-0.4, -0.2) is 22.3 Å². The van der Waals surface area contributed by atoms with Gasteiger partial charge in [-0.1, -0.05) is 24.3 Å². The van der Waals surface area contributed by atoms with Crippen molar-refractivity contribution in [3.63, 3.8) is 0 Å². The molecule has 2 aromatic heterocycles. The van der Waals surface area contributed by atoms with Crippen LogP contribution in [0.15, 0.2) is 75.9 Å². The molecular formula is C22H17BrN4O4. The van der Waals surface area contributed by atoms with Crippen molar-refractivity contribution in [2.45, 2.75) is 0 Å². The number of benzene rings is 2. The fourth-order valence-electron chi connectivity index (χ4n) is 3.14. The first-order chi connectivity index (χ1) is 14.9. The van der Waals surface area contributed by atoms with Gasteiger partial charge in [0.2, 0.25) is 0 Å². The molecule has 2 heterocycles. The second-order valence-electron chi connectivity index (χ2n) is 6.72. The van der Waals surface area contributed by atoms with Gasteiger partial charge < -0.3 is 14.3 Å². The number of carbonyl (C=O) groups is 3. The lowest BCUT2D eigenvalue weighted by molar-refractivity contribution is 0.0847. The highest BCUT2D eigenvalue weighted by Gasteiger charge is 2.16. The molecule has 0 unspecified atom stereocenters. The number of para-hydroxylation sites is 1. The van der Waals surface area contributed by atoms with Crippen molar-refractivity contribution in [1.29, 1.82) is 0 Å². The summed E-state index contributed by atoms with van der Waals surface area (Å²) in [7, 11) is 1.85. The first-order valence-corrected chi connectivity index (χ1v) is 10.0. The number of nitrogens with zero attached hydrogens (tertiary/aromatic N) is 1. The Morgan fingerprint density at radius 1 is 0.903 bits per heavy atom. The van der Waals surface area contributed by atoms with E-state index in [4.69, 9.17) is 4.42 Å². The molecule has 0 atom stereocenters. The van der Waals surface area contributed by atoms with E-state index in [-0.39, 0.29) is 11.3 Å². The zero-order valence-electron chi connectivity index (χ0n) is 16.3. The molecule has 0 radical (unpaired) electrons. The fraction of sp³-hybridized carbons (Fsp3) is 0.0455. The van der Waals surface area contributed by atoms with E-state index in [0.29, 0.717) is 15.9 Å². The van der Waals surface area contributed by atoms with Crippen LogP contribution in [0.5, 0.6) is 0 Å². The molecule has 2 aromatic carbocycles. The average Bonchev–Trinajstić information content (AvgIpc) is 3.36. The SMILES string of the molecule is Cn1cc(C(=O)NNC(=O)c2cccc(NC(=O)c3ccc(Br)o3)c2)c2ccccc21. The Balaban J connectivity index is 1.42. The zero-order chi connectivity index (χ0) is 22.0. The fourth-order valence-corrected chi connectivity index (χ4v) is 3.45. The van der Waals surface area contributed by atoms with E-state index in [0.717, 1.165) is 10.9 Å². The normalized spacial score (nSPS) is 10.6. The molecule has 3 amide bonds. The van der Waals surface area contributed by atoms with E-state index in [2.05, 4.69) is 32.1 Å². The van der Waals surface area contributed by atoms with Crippen LogP contribution in [0.4, 0.5) is 5.69 Å². The Labute approximate surface area is 185 Å². The summed E-state index contributed by atoms with van der Waals surface area (Å²) in [5, 5.41) is 3.44. The van der Waals surface area contributed by atoms with Gasteiger partial charge in [-0.2, -0.15) is 0 Å². The molecule has 0 spiro atoms. The lowest BCUT2D eigenvalue weighted by Crippen LogP contribution is -2.41. The number of anilines is 1. The lowest BCUT2D eigenvalue weighted by Gasteiger charge is -2.09. The van der Waals surface area contributed by atoms with Gasteiger partial charge in [-0.05, 0) is 52.3 Å². The minimum Gasteiger partial charge on any atom is -0.444 e. The summed E-state index contributed by atoms with van der Waals surface area (Å²) >= 11 is 3.14. The molecule has 0 bridgehead atoms. The largest absolute Gasteiger partial charge is 0.444 e. The quantitative estimate of drug-likeness (QED) is 0.385. The standard InChI is InChI=1S/C22H17BrN4O4/c1-27-12-16(15-7-2-3-8-17(15)27)21(29)26-25-20(28)13-5-4-6-14(11-13)24-22(30)18-9-10-19(23)31-18/h2-12H,1H3,(H,24,30)(H,25,28)(H,26,29). The molecule has 156 valence electrons. The maximum Gasteiger partial charge on any atom is 0.291 e. The van der Waals surface area contributed by atoms with Crippen LogP contribution in [0.3, 0.4) is 0 Å². The molecule has 0 aliphatic rings. The van der Waals surface area contributed by atoms with Gasteiger partial charge in [-0.25, -0.2) is 0 Å². The highest BCUT2D eigenvalue weighted by atomic mass is 79.9. The molecule has 8 nitrogen and oxygen atoms in total. The second-order valence-corrected chi connectivity index (χ2v) is 7.50. The van der Waals surface area contributed by atoms with Crippen molar-refractivity contribution in [2.75, 3.05) is 5.32 Å². The summed E-state index contributed by atoms with van der Waals surface area (Å²) in [4.78, 5) is 37.3. The molecule has 9 heteroatoms. The number of aryl methyl sites for hydroxylation is 1. The maximum absolute atomic E-state index is 12.6. The van der Waals surface area contributed by atoms with Crippen LogP contribution in [0.2, 0.25) is 0 Å². The topological polar surface area (TPSA) is 105 Å². The summed E-state index contributed by atoms with van der Waals surface area (Å²) < 4.78 is 7.49. The number of hydrogen-bond donors (Lipinski definition) is 3. The van der Waals surface area contributed by atoms with Gasteiger partial charge in [-0.3, -0.25) is 25.2 Å². The third kappa shape index (κ3) is 4.36. The number of rotatable bonds is 4. The average molecular weight is 481 g/mol. The summed E-state index contributed by atoms with van der Waals surface area (Å²) in [6.07, 6.45) is 1.70. The molecule has 0 aliphatic carbocycles. The van der Waals surface area contributed by atoms with Crippen molar-refractivity contribution in [1.82, 2.24) is 15.4 Å². The Hall–Kier alpha value is -3.85. The molecule has 0 aliphatic heterocycles. The molecule has 31 heavy (non-hydrogen) atoms. The molecule has 0 saturated carbocycles. The van der Waals surface area contributed by atoms with Gasteiger partial charge in [0, 0.05) is 35.4 Å². The second kappa shape index (κ2) is 8.49. The van der Waals surface area contributed by atoms with Crippen molar-refractivity contribution in [3.05, 3.63) is 88.4 Å². The van der Waals surface area contributed by atoms with E-state index in [1.807, 2.05) is 35.9 Å². The summed E-state index contributed by atoms with van der Waals surface area (Å²) in [6.45, 7) is 0. The molecule has 0 fully saturated rings.